The average Bonchev–Trinajstić information content (AvgIpc) is 2.75. The summed E-state index contributed by atoms with van der Waals surface area (Å²) in [5.74, 6) is 1.57. The van der Waals surface area contributed by atoms with Gasteiger partial charge < -0.3 is 9.73 Å². The van der Waals surface area contributed by atoms with Gasteiger partial charge in [-0.3, -0.25) is 0 Å². The fraction of sp³-hybridized carbons (Fsp3) is 0.429. The van der Waals surface area contributed by atoms with Gasteiger partial charge >= 0.3 is 0 Å². The van der Waals surface area contributed by atoms with E-state index in [2.05, 4.69) is 47.2 Å². The normalized spacial score (nSPS) is 15.1. The molecular formula is C14H18BrNO. The molecule has 0 aliphatic rings. The molecule has 0 aliphatic carbocycles. The summed E-state index contributed by atoms with van der Waals surface area (Å²) in [6.45, 7) is 4.44. The molecule has 1 aromatic carbocycles. The lowest BCUT2D eigenvalue weighted by atomic mass is 9.97. The molecule has 0 aliphatic heterocycles. The lowest BCUT2D eigenvalue weighted by molar-refractivity contribution is 0.344. The van der Waals surface area contributed by atoms with E-state index in [1.165, 1.54) is 0 Å². The number of furan rings is 1. The van der Waals surface area contributed by atoms with Crippen LogP contribution in [0.25, 0.3) is 11.0 Å². The molecule has 2 unspecified atom stereocenters. The van der Waals surface area contributed by atoms with Crippen molar-refractivity contribution in [3.8, 4) is 0 Å². The summed E-state index contributed by atoms with van der Waals surface area (Å²) in [5.41, 5.74) is 0.936. The third kappa shape index (κ3) is 2.40. The zero-order valence-corrected chi connectivity index (χ0v) is 12.0. The first-order valence-electron chi connectivity index (χ1n) is 6.02. The minimum absolute atomic E-state index is 0.277. The number of para-hydroxylation sites is 1. The van der Waals surface area contributed by atoms with Crippen LogP contribution in [0.2, 0.25) is 0 Å². The van der Waals surface area contributed by atoms with Gasteiger partial charge in [-0.25, -0.2) is 0 Å². The summed E-state index contributed by atoms with van der Waals surface area (Å²) in [5, 5.41) is 4.49. The number of hydrogen-bond acceptors (Lipinski definition) is 2. The second-order valence-corrected chi connectivity index (χ2v) is 5.31. The minimum Gasteiger partial charge on any atom is -0.458 e. The van der Waals surface area contributed by atoms with Crippen LogP contribution in [-0.2, 0) is 0 Å². The predicted octanol–water partition coefficient (Wildman–Crippen LogP) is 4.50. The van der Waals surface area contributed by atoms with Gasteiger partial charge in [0.25, 0.3) is 0 Å². The molecule has 0 fully saturated rings. The van der Waals surface area contributed by atoms with E-state index in [9.17, 15) is 0 Å². The SMILES string of the molecule is CCC(C)C(NC)c1cc2cccc(Br)c2o1. The van der Waals surface area contributed by atoms with Crippen molar-refractivity contribution in [2.24, 2.45) is 5.92 Å². The molecule has 1 aromatic heterocycles. The summed E-state index contributed by atoms with van der Waals surface area (Å²) >= 11 is 3.52. The van der Waals surface area contributed by atoms with Crippen LogP contribution < -0.4 is 5.32 Å². The van der Waals surface area contributed by atoms with Gasteiger partial charge in [-0.1, -0.05) is 32.4 Å². The van der Waals surface area contributed by atoms with Crippen molar-refractivity contribution in [2.45, 2.75) is 26.3 Å². The molecule has 0 saturated carbocycles. The van der Waals surface area contributed by atoms with Crippen molar-refractivity contribution < 1.29 is 4.42 Å². The fourth-order valence-electron chi connectivity index (χ4n) is 2.14. The van der Waals surface area contributed by atoms with Crippen molar-refractivity contribution in [1.82, 2.24) is 5.32 Å². The van der Waals surface area contributed by atoms with E-state index in [1.807, 2.05) is 19.2 Å². The molecule has 0 saturated heterocycles. The van der Waals surface area contributed by atoms with E-state index in [0.717, 1.165) is 27.6 Å². The van der Waals surface area contributed by atoms with E-state index in [0.29, 0.717) is 5.92 Å². The monoisotopic (exact) mass is 295 g/mol. The molecule has 17 heavy (non-hydrogen) atoms. The largest absolute Gasteiger partial charge is 0.458 e. The lowest BCUT2D eigenvalue weighted by Gasteiger charge is -2.19. The second kappa shape index (κ2) is 5.23. The van der Waals surface area contributed by atoms with E-state index >= 15 is 0 Å². The molecule has 2 nitrogen and oxygen atoms in total. The quantitative estimate of drug-likeness (QED) is 0.898. The Morgan fingerprint density at radius 2 is 2.18 bits per heavy atom. The van der Waals surface area contributed by atoms with E-state index in [4.69, 9.17) is 4.42 Å². The van der Waals surface area contributed by atoms with Crippen molar-refractivity contribution in [3.05, 3.63) is 34.5 Å². The number of fused-ring (bicyclic) bond motifs is 1. The number of benzene rings is 1. The highest BCUT2D eigenvalue weighted by Gasteiger charge is 2.20. The van der Waals surface area contributed by atoms with Crippen LogP contribution in [0.5, 0.6) is 0 Å². The van der Waals surface area contributed by atoms with Gasteiger partial charge in [0.05, 0.1) is 10.5 Å². The Labute approximate surface area is 111 Å². The van der Waals surface area contributed by atoms with Gasteiger partial charge in [0, 0.05) is 5.39 Å². The molecule has 1 heterocycles. The molecule has 0 radical (unpaired) electrons. The standard InChI is InChI=1S/C14H18BrNO/c1-4-9(2)13(16-3)12-8-10-6-5-7-11(15)14(10)17-12/h5-9,13,16H,4H2,1-3H3. The summed E-state index contributed by atoms with van der Waals surface area (Å²) in [7, 11) is 1.99. The highest BCUT2D eigenvalue weighted by Crippen LogP contribution is 2.32. The maximum atomic E-state index is 5.97. The fourth-order valence-corrected chi connectivity index (χ4v) is 2.61. The Hall–Kier alpha value is -0.800. The third-order valence-corrected chi connectivity index (χ3v) is 3.97. The molecule has 92 valence electrons. The van der Waals surface area contributed by atoms with Crippen molar-refractivity contribution in [3.63, 3.8) is 0 Å². The molecule has 2 atom stereocenters. The summed E-state index contributed by atoms with van der Waals surface area (Å²) in [4.78, 5) is 0. The maximum Gasteiger partial charge on any atom is 0.148 e. The highest BCUT2D eigenvalue weighted by atomic mass is 79.9. The number of hydrogen-bond donors (Lipinski definition) is 1. The van der Waals surface area contributed by atoms with Gasteiger partial charge in [-0.05, 0) is 41.0 Å². The second-order valence-electron chi connectivity index (χ2n) is 4.46. The smallest absolute Gasteiger partial charge is 0.148 e. The van der Waals surface area contributed by atoms with Crippen LogP contribution in [-0.4, -0.2) is 7.05 Å². The Morgan fingerprint density at radius 3 is 2.76 bits per heavy atom. The zero-order valence-electron chi connectivity index (χ0n) is 10.5. The molecule has 0 bridgehead atoms. The summed E-state index contributed by atoms with van der Waals surface area (Å²) in [6, 6.07) is 8.53. The Bertz CT molecular complexity index is 506. The van der Waals surface area contributed by atoms with Crippen molar-refractivity contribution >= 4 is 26.9 Å². The predicted molar refractivity (Wildman–Crippen MR) is 75.2 cm³/mol. The number of nitrogens with one attached hydrogen (secondary N) is 1. The molecule has 2 rings (SSSR count). The molecular weight excluding hydrogens is 278 g/mol. The van der Waals surface area contributed by atoms with Crippen molar-refractivity contribution in [2.75, 3.05) is 7.05 Å². The third-order valence-electron chi connectivity index (χ3n) is 3.35. The maximum absolute atomic E-state index is 5.97. The first kappa shape index (κ1) is 12.7. The van der Waals surface area contributed by atoms with Gasteiger partial charge in [-0.2, -0.15) is 0 Å². The number of rotatable bonds is 4. The van der Waals surface area contributed by atoms with E-state index in [1.54, 1.807) is 0 Å². The van der Waals surface area contributed by atoms with Crippen LogP contribution in [0.15, 0.2) is 33.2 Å². The summed E-state index contributed by atoms with van der Waals surface area (Å²) in [6.07, 6.45) is 1.13. The van der Waals surface area contributed by atoms with Crippen LogP contribution in [0.4, 0.5) is 0 Å². The van der Waals surface area contributed by atoms with E-state index in [-0.39, 0.29) is 6.04 Å². The lowest BCUT2D eigenvalue weighted by Crippen LogP contribution is -2.22. The summed E-state index contributed by atoms with van der Waals surface area (Å²) < 4.78 is 6.98. The molecule has 2 aromatic rings. The molecule has 3 heteroatoms. The van der Waals surface area contributed by atoms with Gasteiger partial charge in [0.2, 0.25) is 0 Å². The molecule has 0 amide bonds. The van der Waals surface area contributed by atoms with Crippen LogP contribution in [0, 0.1) is 5.92 Å². The molecule has 1 N–H and O–H groups in total. The Morgan fingerprint density at radius 1 is 1.41 bits per heavy atom. The number of halogens is 1. The zero-order chi connectivity index (χ0) is 12.4. The first-order chi connectivity index (χ1) is 8.17. The van der Waals surface area contributed by atoms with Crippen molar-refractivity contribution in [1.29, 1.82) is 0 Å². The molecule has 0 spiro atoms. The van der Waals surface area contributed by atoms with E-state index < -0.39 is 0 Å². The minimum atomic E-state index is 0.277. The van der Waals surface area contributed by atoms with Crippen LogP contribution in [0.3, 0.4) is 0 Å². The Balaban J connectivity index is 2.44. The first-order valence-corrected chi connectivity index (χ1v) is 6.81. The van der Waals surface area contributed by atoms with Gasteiger partial charge in [0.1, 0.15) is 11.3 Å². The van der Waals surface area contributed by atoms with Crippen LogP contribution in [0.1, 0.15) is 32.1 Å². The topological polar surface area (TPSA) is 25.2 Å². The van der Waals surface area contributed by atoms with Gasteiger partial charge in [0.15, 0.2) is 0 Å². The Kier molecular flexibility index (Phi) is 3.89. The average molecular weight is 296 g/mol. The highest BCUT2D eigenvalue weighted by molar-refractivity contribution is 9.10. The van der Waals surface area contributed by atoms with Gasteiger partial charge in [-0.15, -0.1) is 0 Å². The van der Waals surface area contributed by atoms with Crippen LogP contribution >= 0.6 is 15.9 Å².